The van der Waals surface area contributed by atoms with Gasteiger partial charge in [-0.2, -0.15) is 0 Å². The van der Waals surface area contributed by atoms with Gasteiger partial charge in [0, 0.05) is 9.50 Å². The first-order chi connectivity index (χ1) is 10.1. The quantitative estimate of drug-likeness (QED) is 0.663. The number of aromatic amines is 2. The third kappa shape index (κ3) is 2.77. The first kappa shape index (κ1) is 14.4. The van der Waals surface area contributed by atoms with Gasteiger partial charge in [-0.25, -0.2) is 4.79 Å². The second-order valence-electron chi connectivity index (χ2n) is 4.77. The van der Waals surface area contributed by atoms with Crippen molar-refractivity contribution in [1.82, 2.24) is 15.3 Å². The molecule has 3 rings (SSSR count). The number of halogens is 2. The maximum Gasteiger partial charge on any atom is 0.323 e. The van der Waals surface area contributed by atoms with Crippen molar-refractivity contribution >= 4 is 38.6 Å². The SMILES string of the molecule is CNC(c1ccc2[nH]c(=O)[nH]c2c1)c1cc(Br)ccc1Cl. The van der Waals surface area contributed by atoms with Crippen LogP contribution in [0, 0.1) is 0 Å². The fraction of sp³-hybridized carbons (Fsp3) is 0.133. The summed E-state index contributed by atoms with van der Waals surface area (Å²) in [6.45, 7) is 0. The van der Waals surface area contributed by atoms with Crippen LogP contribution in [0.3, 0.4) is 0 Å². The number of rotatable bonds is 3. The summed E-state index contributed by atoms with van der Waals surface area (Å²) in [7, 11) is 1.88. The Balaban J connectivity index is 2.12. The van der Waals surface area contributed by atoms with Crippen LogP contribution in [0.2, 0.25) is 5.02 Å². The largest absolute Gasteiger partial charge is 0.323 e. The monoisotopic (exact) mass is 365 g/mol. The molecule has 2 aromatic carbocycles. The molecule has 3 N–H and O–H groups in total. The summed E-state index contributed by atoms with van der Waals surface area (Å²) in [6, 6.07) is 11.5. The average Bonchev–Trinajstić information content (AvgIpc) is 2.83. The smallest absolute Gasteiger partial charge is 0.309 e. The highest BCUT2D eigenvalue weighted by atomic mass is 79.9. The summed E-state index contributed by atoms with van der Waals surface area (Å²) in [5.41, 5.74) is 3.37. The first-order valence-corrected chi connectivity index (χ1v) is 7.60. The topological polar surface area (TPSA) is 60.7 Å². The van der Waals surface area contributed by atoms with E-state index in [9.17, 15) is 4.79 Å². The van der Waals surface area contributed by atoms with Gasteiger partial charge >= 0.3 is 5.69 Å². The van der Waals surface area contributed by atoms with Crippen molar-refractivity contribution in [2.75, 3.05) is 7.05 Å². The van der Waals surface area contributed by atoms with Gasteiger partial charge in [0.15, 0.2) is 0 Å². The Bertz CT molecular complexity index is 855. The molecule has 0 aliphatic heterocycles. The van der Waals surface area contributed by atoms with Crippen LogP contribution in [0.1, 0.15) is 17.2 Å². The van der Waals surface area contributed by atoms with Gasteiger partial charge in [-0.1, -0.05) is 33.6 Å². The lowest BCUT2D eigenvalue weighted by Crippen LogP contribution is -2.18. The number of fused-ring (bicyclic) bond motifs is 1. The molecule has 1 heterocycles. The number of hydrogen-bond acceptors (Lipinski definition) is 2. The van der Waals surface area contributed by atoms with Gasteiger partial charge in [0.2, 0.25) is 0 Å². The Labute approximate surface area is 134 Å². The lowest BCUT2D eigenvalue weighted by atomic mass is 9.98. The van der Waals surface area contributed by atoms with Gasteiger partial charge < -0.3 is 15.3 Å². The number of aromatic nitrogens is 2. The highest BCUT2D eigenvalue weighted by Gasteiger charge is 2.16. The van der Waals surface area contributed by atoms with Gasteiger partial charge in [0.25, 0.3) is 0 Å². The number of nitrogens with one attached hydrogen (secondary N) is 3. The molecule has 108 valence electrons. The Kier molecular flexibility index (Phi) is 3.89. The minimum Gasteiger partial charge on any atom is -0.309 e. The van der Waals surface area contributed by atoms with E-state index >= 15 is 0 Å². The molecule has 1 atom stereocenters. The van der Waals surface area contributed by atoms with E-state index in [0.717, 1.165) is 26.6 Å². The number of imidazole rings is 1. The maximum atomic E-state index is 11.4. The van der Waals surface area contributed by atoms with Gasteiger partial charge in [-0.05, 0) is 48.5 Å². The molecule has 21 heavy (non-hydrogen) atoms. The molecular weight excluding hydrogens is 354 g/mol. The predicted molar refractivity (Wildman–Crippen MR) is 89.0 cm³/mol. The van der Waals surface area contributed by atoms with Gasteiger partial charge in [0.1, 0.15) is 0 Å². The lowest BCUT2D eigenvalue weighted by molar-refractivity contribution is 0.692. The van der Waals surface area contributed by atoms with Gasteiger partial charge in [-0.15, -0.1) is 0 Å². The Morgan fingerprint density at radius 2 is 1.90 bits per heavy atom. The highest BCUT2D eigenvalue weighted by molar-refractivity contribution is 9.10. The molecule has 0 bridgehead atoms. The molecule has 0 aliphatic rings. The fourth-order valence-electron chi connectivity index (χ4n) is 2.47. The molecule has 6 heteroatoms. The second-order valence-corrected chi connectivity index (χ2v) is 6.09. The van der Waals surface area contributed by atoms with Crippen molar-refractivity contribution in [2.45, 2.75) is 6.04 Å². The van der Waals surface area contributed by atoms with Crippen LogP contribution in [0.5, 0.6) is 0 Å². The second kappa shape index (κ2) is 5.67. The fourth-order valence-corrected chi connectivity index (χ4v) is 3.07. The Morgan fingerprint density at radius 3 is 2.67 bits per heavy atom. The van der Waals surface area contributed by atoms with Crippen molar-refractivity contribution in [3.63, 3.8) is 0 Å². The molecule has 0 fully saturated rings. The van der Waals surface area contributed by atoms with Crippen LogP contribution >= 0.6 is 27.5 Å². The molecule has 0 aliphatic carbocycles. The van der Waals surface area contributed by atoms with E-state index in [2.05, 4.69) is 31.2 Å². The standard InChI is InChI=1S/C15H13BrClN3O/c1-18-14(10-7-9(16)3-4-11(10)17)8-2-5-12-13(6-8)20-15(21)19-12/h2-7,14,18H,1H3,(H2,19,20,21). The summed E-state index contributed by atoms with van der Waals surface area (Å²) in [4.78, 5) is 16.9. The molecule has 1 aromatic heterocycles. The van der Waals surface area contributed by atoms with Crippen molar-refractivity contribution < 1.29 is 0 Å². The molecule has 0 radical (unpaired) electrons. The third-order valence-corrected chi connectivity index (χ3v) is 4.27. The van der Waals surface area contributed by atoms with E-state index in [1.807, 2.05) is 43.4 Å². The van der Waals surface area contributed by atoms with Crippen molar-refractivity contribution in [3.05, 3.63) is 67.5 Å². The highest BCUT2D eigenvalue weighted by Crippen LogP contribution is 2.31. The van der Waals surface area contributed by atoms with Crippen LogP contribution in [0.25, 0.3) is 11.0 Å². The summed E-state index contributed by atoms with van der Waals surface area (Å²) >= 11 is 9.79. The summed E-state index contributed by atoms with van der Waals surface area (Å²) in [5, 5.41) is 3.96. The first-order valence-electron chi connectivity index (χ1n) is 6.42. The van der Waals surface area contributed by atoms with Crippen molar-refractivity contribution in [3.8, 4) is 0 Å². The normalized spacial score (nSPS) is 12.7. The molecule has 0 saturated heterocycles. The Hall–Kier alpha value is -1.56. The summed E-state index contributed by atoms with van der Waals surface area (Å²) < 4.78 is 0.971. The molecule has 0 amide bonds. The van der Waals surface area contributed by atoms with Crippen molar-refractivity contribution in [2.24, 2.45) is 0 Å². The summed E-state index contributed by atoms with van der Waals surface area (Å²) in [5.74, 6) is 0. The molecule has 1 unspecified atom stereocenters. The van der Waals surface area contributed by atoms with E-state index < -0.39 is 0 Å². The van der Waals surface area contributed by atoms with E-state index in [4.69, 9.17) is 11.6 Å². The molecule has 0 spiro atoms. The van der Waals surface area contributed by atoms with E-state index in [-0.39, 0.29) is 11.7 Å². The van der Waals surface area contributed by atoms with Gasteiger partial charge in [-0.3, -0.25) is 0 Å². The number of hydrogen-bond donors (Lipinski definition) is 3. The van der Waals surface area contributed by atoms with E-state index in [1.54, 1.807) is 0 Å². The zero-order valence-electron chi connectivity index (χ0n) is 11.2. The van der Waals surface area contributed by atoms with Crippen LogP contribution < -0.4 is 11.0 Å². The molecule has 0 saturated carbocycles. The van der Waals surface area contributed by atoms with E-state index in [0.29, 0.717) is 5.02 Å². The Morgan fingerprint density at radius 1 is 1.14 bits per heavy atom. The van der Waals surface area contributed by atoms with Crippen LogP contribution in [0.15, 0.2) is 45.7 Å². The van der Waals surface area contributed by atoms with Crippen LogP contribution in [-0.4, -0.2) is 17.0 Å². The van der Waals surface area contributed by atoms with Gasteiger partial charge in [0.05, 0.1) is 17.1 Å². The maximum absolute atomic E-state index is 11.4. The minimum absolute atomic E-state index is 0.0576. The lowest BCUT2D eigenvalue weighted by Gasteiger charge is -2.19. The van der Waals surface area contributed by atoms with Crippen LogP contribution in [-0.2, 0) is 0 Å². The summed E-state index contributed by atoms with van der Waals surface area (Å²) in [6.07, 6.45) is 0. The number of H-pyrrole nitrogens is 2. The number of benzene rings is 2. The van der Waals surface area contributed by atoms with Crippen molar-refractivity contribution in [1.29, 1.82) is 0 Å². The van der Waals surface area contributed by atoms with Crippen LogP contribution in [0.4, 0.5) is 0 Å². The zero-order chi connectivity index (χ0) is 15.0. The third-order valence-electron chi connectivity index (χ3n) is 3.43. The molecule has 3 aromatic rings. The molecule has 4 nitrogen and oxygen atoms in total. The minimum atomic E-state index is -0.205. The predicted octanol–water partition coefficient (Wildman–Crippen LogP) is 3.58. The average molecular weight is 367 g/mol. The zero-order valence-corrected chi connectivity index (χ0v) is 13.5. The van der Waals surface area contributed by atoms with E-state index in [1.165, 1.54) is 0 Å². The molecular formula is C15H13BrClN3O.